The fourth-order valence-electron chi connectivity index (χ4n) is 1.82. The van der Waals surface area contributed by atoms with Gasteiger partial charge in [-0.2, -0.15) is 0 Å². The second-order valence-corrected chi connectivity index (χ2v) is 5.52. The van der Waals surface area contributed by atoms with E-state index in [-0.39, 0.29) is 5.92 Å². The molecule has 0 saturated heterocycles. The van der Waals surface area contributed by atoms with E-state index in [2.05, 4.69) is 52.0 Å². The summed E-state index contributed by atoms with van der Waals surface area (Å²) in [5, 5.41) is 3.36. The van der Waals surface area contributed by atoms with Crippen LogP contribution in [0.5, 0.6) is 0 Å². The Kier molecular flexibility index (Phi) is 7.31. The molecule has 1 unspecified atom stereocenters. The highest BCUT2D eigenvalue weighted by atomic mass is 79.9. The quantitative estimate of drug-likeness (QED) is 0.788. The minimum atomic E-state index is 0.205. The highest BCUT2D eigenvalue weighted by molar-refractivity contribution is 9.10. The molecule has 0 aromatic carbocycles. The summed E-state index contributed by atoms with van der Waals surface area (Å²) in [5.41, 5.74) is 1.08. The van der Waals surface area contributed by atoms with Gasteiger partial charge in [0.2, 0.25) is 0 Å². The maximum Gasteiger partial charge on any atom is 0.144 e. The van der Waals surface area contributed by atoms with Crippen LogP contribution in [0.25, 0.3) is 0 Å². The smallest absolute Gasteiger partial charge is 0.144 e. The standard InChI is InChI=1S/C14H24BrN3O/c1-5-7-11-12(15)14(16-8-6-2)18-13(17-11)10(3)9-19-4/h10H,5-9H2,1-4H3,(H,16,17,18). The lowest BCUT2D eigenvalue weighted by atomic mass is 10.1. The van der Waals surface area contributed by atoms with Crippen LogP contribution in [0.1, 0.15) is 51.0 Å². The zero-order valence-corrected chi connectivity index (χ0v) is 13.9. The third kappa shape index (κ3) is 4.73. The van der Waals surface area contributed by atoms with Crippen molar-refractivity contribution >= 4 is 21.7 Å². The zero-order valence-electron chi connectivity index (χ0n) is 12.3. The maximum atomic E-state index is 5.20. The van der Waals surface area contributed by atoms with Crippen LogP contribution < -0.4 is 5.32 Å². The lowest BCUT2D eigenvalue weighted by Crippen LogP contribution is -2.13. The highest BCUT2D eigenvalue weighted by Crippen LogP contribution is 2.27. The lowest BCUT2D eigenvalue weighted by Gasteiger charge is -2.15. The van der Waals surface area contributed by atoms with Crippen molar-refractivity contribution in [2.24, 2.45) is 0 Å². The van der Waals surface area contributed by atoms with E-state index in [1.165, 1.54) is 0 Å². The van der Waals surface area contributed by atoms with Gasteiger partial charge in [-0.25, -0.2) is 9.97 Å². The number of hydrogen-bond donors (Lipinski definition) is 1. The van der Waals surface area contributed by atoms with Crippen molar-refractivity contribution in [2.75, 3.05) is 25.6 Å². The molecule has 0 aliphatic carbocycles. The molecule has 1 N–H and O–H groups in total. The van der Waals surface area contributed by atoms with Crippen LogP contribution in [-0.2, 0) is 11.2 Å². The van der Waals surface area contributed by atoms with Crippen molar-refractivity contribution in [2.45, 2.75) is 46.0 Å². The summed E-state index contributed by atoms with van der Waals surface area (Å²) < 4.78 is 6.19. The lowest BCUT2D eigenvalue weighted by molar-refractivity contribution is 0.181. The Labute approximate surface area is 124 Å². The van der Waals surface area contributed by atoms with Crippen LogP contribution in [0, 0.1) is 0 Å². The molecule has 0 spiro atoms. The largest absolute Gasteiger partial charge is 0.384 e. The molecule has 0 bridgehead atoms. The van der Waals surface area contributed by atoms with Gasteiger partial charge in [0, 0.05) is 19.6 Å². The van der Waals surface area contributed by atoms with Crippen LogP contribution in [0.3, 0.4) is 0 Å². The first-order valence-electron chi connectivity index (χ1n) is 6.93. The third-order valence-corrected chi connectivity index (χ3v) is 3.66. The first-order chi connectivity index (χ1) is 9.13. The third-order valence-electron chi connectivity index (χ3n) is 2.82. The normalized spacial score (nSPS) is 12.5. The van der Waals surface area contributed by atoms with Gasteiger partial charge in [-0.3, -0.25) is 0 Å². The predicted octanol–water partition coefficient (Wildman–Crippen LogP) is 3.76. The summed E-state index contributed by atoms with van der Waals surface area (Å²) in [6.07, 6.45) is 3.10. The number of nitrogens with zero attached hydrogens (tertiary/aromatic N) is 2. The van der Waals surface area contributed by atoms with Crippen molar-refractivity contribution in [1.82, 2.24) is 9.97 Å². The van der Waals surface area contributed by atoms with E-state index in [1.807, 2.05) is 0 Å². The summed E-state index contributed by atoms with van der Waals surface area (Å²) >= 11 is 3.62. The van der Waals surface area contributed by atoms with Crippen molar-refractivity contribution in [3.05, 3.63) is 16.0 Å². The molecular weight excluding hydrogens is 306 g/mol. The molecule has 19 heavy (non-hydrogen) atoms. The fourth-order valence-corrected chi connectivity index (χ4v) is 2.34. The van der Waals surface area contributed by atoms with E-state index in [4.69, 9.17) is 4.74 Å². The number of halogens is 1. The summed E-state index contributed by atoms with van der Waals surface area (Å²) in [6, 6.07) is 0. The molecule has 0 aliphatic rings. The van der Waals surface area contributed by atoms with Crippen LogP contribution in [-0.4, -0.2) is 30.2 Å². The number of aromatic nitrogens is 2. The Morgan fingerprint density at radius 2 is 2.00 bits per heavy atom. The molecule has 0 saturated carbocycles. The Bertz CT molecular complexity index is 399. The summed E-state index contributed by atoms with van der Waals surface area (Å²) in [6.45, 7) is 7.95. The minimum Gasteiger partial charge on any atom is -0.384 e. The Morgan fingerprint density at radius 1 is 1.26 bits per heavy atom. The number of anilines is 1. The predicted molar refractivity (Wildman–Crippen MR) is 82.8 cm³/mol. The number of nitrogens with one attached hydrogen (secondary N) is 1. The SMILES string of the molecule is CCCNc1nc(C(C)COC)nc(CCC)c1Br. The molecule has 108 valence electrons. The zero-order chi connectivity index (χ0) is 14.3. The van der Waals surface area contributed by atoms with E-state index in [9.17, 15) is 0 Å². The fraction of sp³-hybridized carbons (Fsp3) is 0.714. The van der Waals surface area contributed by atoms with Gasteiger partial charge in [0.25, 0.3) is 0 Å². The average Bonchev–Trinajstić information content (AvgIpc) is 2.40. The van der Waals surface area contributed by atoms with Gasteiger partial charge in [-0.05, 0) is 28.8 Å². The van der Waals surface area contributed by atoms with E-state index in [1.54, 1.807) is 7.11 Å². The molecule has 0 radical (unpaired) electrons. The van der Waals surface area contributed by atoms with E-state index in [0.29, 0.717) is 6.61 Å². The van der Waals surface area contributed by atoms with Crippen molar-refractivity contribution in [3.63, 3.8) is 0 Å². The Balaban J connectivity index is 3.06. The van der Waals surface area contributed by atoms with Gasteiger partial charge >= 0.3 is 0 Å². The van der Waals surface area contributed by atoms with Gasteiger partial charge in [0.1, 0.15) is 11.6 Å². The van der Waals surface area contributed by atoms with E-state index in [0.717, 1.165) is 47.6 Å². The molecule has 0 amide bonds. The van der Waals surface area contributed by atoms with Crippen LogP contribution in [0.15, 0.2) is 4.47 Å². The van der Waals surface area contributed by atoms with Crippen LogP contribution in [0.4, 0.5) is 5.82 Å². The van der Waals surface area contributed by atoms with Crippen molar-refractivity contribution in [3.8, 4) is 0 Å². The minimum absolute atomic E-state index is 0.205. The Hall–Kier alpha value is -0.680. The number of methoxy groups -OCH3 is 1. The van der Waals surface area contributed by atoms with Gasteiger partial charge in [0.05, 0.1) is 16.8 Å². The molecule has 4 nitrogen and oxygen atoms in total. The molecule has 1 aromatic rings. The monoisotopic (exact) mass is 329 g/mol. The molecule has 1 atom stereocenters. The van der Waals surface area contributed by atoms with Crippen LogP contribution >= 0.6 is 15.9 Å². The summed E-state index contributed by atoms with van der Waals surface area (Å²) in [5.74, 6) is 1.96. The first kappa shape index (κ1) is 16.4. The second kappa shape index (κ2) is 8.48. The number of aryl methyl sites for hydroxylation is 1. The van der Waals surface area contributed by atoms with E-state index >= 15 is 0 Å². The maximum absolute atomic E-state index is 5.20. The number of hydrogen-bond acceptors (Lipinski definition) is 4. The molecular formula is C14H24BrN3O. The Morgan fingerprint density at radius 3 is 2.58 bits per heavy atom. The van der Waals surface area contributed by atoms with Crippen LogP contribution in [0.2, 0.25) is 0 Å². The summed E-state index contributed by atoms with van der Waals surface area (Å²) in [7, 11) is 1.71. The average molecular weight is 330 g/mol. The van der Waals surface area contributed by atoms with Gasteiger partial charge < -0.3 is 10.1 Å². The highest BCUT2D eigenvalue weighted by Gasteiger charge is 2.15. The summed E-state index contributed by atoms with van der Waals surface area (Å²) in [4.78, 5) is 9.29. The molecule has 1 heterocycles. The first-order valence-corrected chi connectivity index (χ1v) is 7.72. The topological polar surface area (TPSA) is 47.0 Å². The van der Waals surface area contributed by atoms with Crippen molar-refractivity contribution in [1.29, 1.82) is 0 Å². The van der Waals surface area contributed by atoms with Gasteiger partial charge in [-0.15, -0.1) is 0 Å². The molecule has 1 aromatic heterocycles. The second-order valence-electron chi connectivity index (χ2n) is 4.72. The molecule has 0 aliphatic heterocycles. The van der Waals surface area contributed by atoms with Gasteiger partial charge in [-0.1, -0.05) is 27.2 Å². The van der Waals surface area contributed by atoms with Crippen molar-refractivity contribution < 1.29 is 4.74 Å². The molecule has 5 heteroatoms. The number of rotatable bonds is 8. The molecule has 1 rings (SSSR count). The number of ether oxygens (including phenoxy) is 1. The molecule has 0 fully saturated rings. The van der Waals surface area contributed by atoms with E-state index < -0.39 is 0 Å². The van der Waals surface area contributed by atoms with Gasteiger partial charge in [0.15, 0.2) is 0 Å².